The van der Waals surface area contributed by atoms with E-state index in [1.807, 2.05) is 41.3 Å². The Hall–Kier alpha value is -3.98. The number of aromatic nitrogens is 2. The number of rotatable bonds is 5. The smallest absolute Gasteiger partial charge is 0.263 e. The van der Waals surface area contributed by atoms with E-state index in [4.69, 9.17) is 4.98 Å². The van der Waals surface area contributed by atoms with Gasteiger partial charge in [0.15, 0.2) is 11.6 Å². The highest BCUT2D eigenvalue weighted by Crippen LogP contribution is 2.28. The monoisotopic (exact) mass is 473 g/mol. The first-order valence-electron chi connectivity index (χ1n) is 11.0. The molecule has 172 valence electrons. The summed E-state index contributed by atoms with van der Waals surface area (Å²) in [4.78, 5) is 26.1. The van der Waals surface area contributed by atoms with Crippen LogP contribution >= 0.6 is 0 Å². The molecule has 0 aliphatic carbocycles. The molecule has 1 saturated heterocycles. The van der Waals surface area contributed by atoms with Crippen LogP contribution in [0, 0.1) is 0 Å². The van der Waals surface area contributed by atoms with Gasteiger partial charge in [-0.2, -0.15) is 0 Å². The number of amides is 1. The molecule has 1 aromatic heterocycles. The largest absolute Gasteiger partial charge is 0.350 e. The molecule has 9 heteroatoms. The first-order chi connectivity index (χ1) is 16.5. The van der Waals surface area contributed by atoms with Crippen molar-refractivity contribution in [2.75, 3.05) is 35.8 Å². The van der Waals surface area contributed by atoms with Crippen molar-refractivity contribution in [1.29, 1.82) is 0 Å². The Kier molecular flexibility index (Phi) is 5.85. The van der Waals surface area contributed by atoms with Crippen molar-refractivity contribution >= 4 is 38.6 Å². The van der Waals surface area contributed by atoms with E-state index in [1.54, 1.807) is 41.3 Å². The van der Waals surface area contributed by atoms with Gasteiger partial charge >= 0.3 is 0 Å². The molecule has 0 radical (unpaired) electrons. The van der Waals surface area contributed by atoms with Crippen LogP contribution < -0.4 is 9.62 Å². The van der Waals surface area contributed by atoms with Gasteiger partial charge in [-0.25, -0.2) is 18.4 Å². The molecule has 0 saturated carbocycles. The van der Waals surface area contributed by atoms with Gasteiger partial charge in [-0.3, -0.25) is 9.52 Å². The molecule has 1 aliphatic rings. The molecular formula is C25H23N5O3S. The van der Waals surface area contributed by atoms with E-state index in [9.17, 15) is 13.2 Å². The molecular weight excluding hydrogens is 450 g/mol. The number of anilines is 2. The number of para-hydroxylation sites is 2. The second-order valence-electron chi connectivity index (χ2n) is 7.95. The van der Waals surface area contributed by atoms with Gasteiger partial charge in [0, 0.05) is 31.7 Å². The zero-order valence-electron chi connectivity index (χ0n) is 18.3. The third-order valence-corrected chi connectivity index (χ3v) is 7.08. The summed E-state index contributed by atoms with van der Waals surface area (Å²) in [6.07, 6.45) is 0. The minimum Gasteiger partial charge on any atom is -0.350 e. The van der Waals surface area contributed by atoms with Crippen LogP contribution in [0.2, 0.25) is 0 Å². The number of nitrogens with zero attached hydrogens (tertiary/aromatic N) is 4. The number of nitrogens with one attached hydrogen (secondary N) is 1. The predicted octanol–water partition coefficient (Wildman–Crippen LogP) is 3.39. The molecule has 4 aromatic rings. The molecule has 8 nitrogen and oxygen atoms in total. The SMILES string of the molecule is O=C(c1ccccc1)N1CCN(c2nc3ccccc3nc2NS(=O)(=O)c2ccccc2)CC1. The van der Waals surface area contributed by atoms with Crippen molar-refractivity contribution in [3.05, 3.63) is 90.5 Å². The van der Waals surface area contributed by atoms with E-state index in [0.29, 0.717) is 48.6 Å². The molecule has 5 rings (SSSR count). The third-order valence-electron chi connectivity index (χ3n) is 5.72. The highest BCUT2D eigenvalue weighted by atomic mass is 32.2. The lowest BCUT2D eigenvalue weighted by Crippen LogP contribution is -2.49. The number of piperazine rings is 1. The number of benzene rings is 3. The Morgan fingerprint density at radius 3 is 1.94 bits per heavy atom. The molecule has 1 fully saturated rings. The van der Waals surface area contributed by atoms with Crippen LogP contribution in [0.4, 0.5) is 11.6 Å². The van der Waals surface area contributed by atoms with Gasteiger partial charge in [-0.15, -0.1) is 0 Å². The van der Waals surface area contributed by atoms with Crippen LogP contribution in [0.3, 0.4) is 0 Å². The van der Waals surface area contributed by atoms with Crippen molar-refractivity contribution in [3.8, 4) is 0 Å². The third kappa shape index (κ3) is 4.42. The number of hydrogen-bond acceptors (Lipinski definition) is 6. The predicted molar refractivity (Wildman–Crippen MR) is 131 cm³/mol. The van der Waals surface area contributed by atoms with Gasteiger partial charge in [0.2, 0.25) is 0 Å². The average molecular weight is 474 g/mol. The summed E-state index contributed by atoms with van der Waals surface area (Å²) in [5.41, 5.74) is 1.91. The van der Waals surface area contributed by atoms with Gasteiger partial charge < -0.3 is 9.80 Å². The fraction of sp³-hybridized carbons (Fsp3) is 0.160. The number of carbonyl (C=O) groups is 1. The first kappa shape index (κ1) is 21.8. The summed E-state index contributed by atoms with van der Waals surface area (Å²) in [5, 5.41) is 0. The lowest BCUT2D eigenvalue weighted by Gasteiger charge is -2.36. The number of carbonyl (C=O) groups excluding carboxylic acids is 1. The highest BCUT2D eigenvalue weighted by Gasteiger charge is 2.27. The van der Waals surface area contributed by atoms with E-state index in [1.165, 1.54) is 12.1 Å². The molecule has 0 spiro atoms. The maximum Gasteiger partial charge on any atom is 0.263 e. The van der Waals surface area contributed by atoms with Crippen molar-refractivity contribution in [1.82, 2.24) is 14.9 Å². The molecule has 1 aliphatic heterocycles. The van der Waals surface area contributed by atoms with Crippen LogP contribution in [0.5, 0.6) is 0 Å². The standard InChI is InChI=1S/C25H23N5O3S/c31-25(19-9-3-1-4-10-19)30-17-15-29(16-18-30)24-23(26-21-13-7-8-14-22(21)27-24)28-34(32,33)20-11-5-2-6-12-20/h1-14H,15-18H2,(H,26,28). The van der Waals surface area contributed by atoms with E-state index in [0.717, 1.165) is 0 Å². The average Bonchev–Trinajstić information content (AvgIpc) is 2.89. The lowest BCUT2D eigenvalue weighted by molar-refractivity contribution is 0.0746. The van der Waals surface area contributed by atoms with Crippen LogP contribution in [0.15, 0.2) is 89.8 Å². The maximum atomic E-state index is 13.0. The molecule has 1 N–H and O–H groups in total. The Morgan fingerprint density at radius 1 is 0.735 bits per heavy atom. The topological polar surface area (TPSA) is 95.5 Å². The summed E-state index contributed by atoms with van der Waals surface area (Å²) in [5.74, 6) is 0.602. The van der Waals surface area contributed by atoms with E-state index in [-0.39, 0.29) is 16.6 Å². The summed E-state index contributed by atoms with van der Waals surface area (Å²) in [6, 6.07) is 24.7. The fourth-order valence-electron chi connectivity index (χ4n) is 3.95. The fourth-order valence-corrected chi connectivity index (χ4v) is 4.97. The van der Waals surface area contributed by atoms with Crippen molar-refractivity contribution in [2.24, 2.45) is 0 Å². The van der Waals surface area contributed by atoms with Gasteiger partial charge in [0.05, 0.1) is 15.9 Å². The Balaban J connectivity index is 1.43. The van der Waals surface area contributed by atoms with E-state index < -0.39 is 10.0 Å². The zero-order chi connectivity index (χ0) is 23.5. The van der Waals surface area contributed by atoms with Crippen molar-refractivity contribution in [3.63, 3.8) is 0 Å². The Bertz CT molecular complexity index is 1420. The normalized spacial score (nSPS) is 14.2. The molecule has 3 aromatic carbocycles. The highest BCUT2D eigenvalue weighted by molar-refractivity contribution is 7.92. The Morgan fingerprint density at radius 2 is 1.29 bits per heavy atom. The van der Waals surface area contributed by atoms with Crippen LogP contribution in [-0.4, -0.2) is 55.4 Å². The number of fused-ring (bicyclic) bond motifs is 1. The Labute approximate surface area is 197 Å². The second kappa shape index (κ2) is 9.11. The first-order valence-corrected chi connectivity index (χ1v) is 12.4. The summed E-state index contributed by atoms with van der Waals surface area (Å²) < 4.78 is 28.7. The lowest BCUT2D eigenvalue weighted by atomic mass is 10.2. The van der Waals surface area contributed by atoms with Crippen LogP contribution in [0.1, 0.15) is 10.4 Å². The quantitative estimate of drug-likeness (QED) is 0.477. The molecule has 34 heavy (non-hydrogen) atoms. The van der Waals surface area contributed by atoms with Gasteiger partial charge in [0.1, 0.15) is 0 Å². The van der Waals surface area contributed by atoms with E-state index in [2.05, 4.69) is 9.71 Å². The zero-order valence-corrected chi connectivity index (χ0v) is 19.1. The van der Waals surface area contributed by atoms with E-state index >= 15 is 0 Å². The molecule has 1 amide bonds. The number of hydrogen-bond donors (Lipinski definition) is 1. The minimum atomic E-state index is -3.85. The molecule has 0 unspecified atom stereocenters. The van der Waals surface area contributed by atoms with Gasteiger partial charge in [-0.05, 0) is 36.4 Å². The van der Waals surface area contributed by atoms with Crippen molar-refractivity contribution < 1.29 is 13.2 Å². The minimum absolute atomic E-state index is 0.0187. The molecule has 2 heterocycles. The molecule has 0 atom stereocenters. The summed E-state index contributed by atoms with van der Waals surface area (Å²) in [6.45, 7) is 2.00. The number of sulfonamides is 1. The maximum absolute atomic E-state index is 13.0. The van der Waals surface area contributed by atoms with Gasteiger partial charge in [0.25, 0.3) is 15.9 Å². The molecule has 0 bridgehead atoms. The second-order valence-corrected chi connectivity index (χ2v) is 9.63. The van der Waals surface area contributed by atoms with Gasteiger partial charge in [-0.1, -0.05) is 48.5 Å². The van der Waals surface area contributed by atoms with Crippen molar-refractivity contribution in [2.45, 2.75) is 4.90 Å². The van der Waals surface area contributed by atoms with Crippen LogP contribution in [-0.2, 0) is 10.0 Å². The van der Waals surface area contributed by atoms with Crippen LogP contribution in [0.25, 0.3) is 11.0 Å². The summed E-state index contributed by atoms with van der Waals surface area (Å²) in [7, 11) is -3.85. The summed E-state index contributed by atoms with van der Waals surface area (Å²) >= 11 is 0.